The van der Waals surface area contributed by atoms with Crippen molar-refractivity contribution >= 4 is 38.7 Å². The van der Waals surface area contributed by atoms with E-state index in [-0.39, 0.29) is 50.5 Å². The lowest BCUT2D eigenvalue weighted by atomic mass is 10.1. The maximum Gasteiger partial charge on any atom is 0.435 e. The minimum atomic E-state index is -4.78. The molecule has 2 aromatic carbocycles. The van der Waals surface area contributed by atoms with E-state index in [9.17, 15) is 31.2 Å². The molecule has 4 heterocycles. The number of rotatable bonds is 10. The van der Waals surface area contributed by atoms with Gasteiger partial charge in [-0.1, -0.05) is 0 Å². The van der Waals surface area contributed by atoms with Crippen LogP contribution in [-0.4, -0.2) is 65.0 Å². The highest BCUT2D eigenvalue weighted by Gasteiger charge is 2.35. The average molecular weight is 741 g/mol. The molecule has 0 unspecified atom stereocenters. The summed E-state index contributed by atoms with van der Waals surface area (Å²) in [5.74, 6) is -1.50. The molecule has 0 saturated heterocycles. The van der Waals surface area contributed by atoms with Gasteiger partial charge in [0.1, 0.15) is 17.1 Å². The van der Waals surface area contributed by atoms with Crippen molar-refractivity contribution in [2.24, 2.45) is 7.05 Å². The molecule has 16 nitrogen and oxygen atoms in total. The highest BCUT2D eigenvalue weighted by molar-refractivity contribution is 7.90. The van der Waals surface area contributed by atoms with E-state index in [1.165, 1.54) is 70.5 Å². The number of pyridine rings is 1. The molecule has 0 fully saturated rings. The van der Waals surface area contributed by atoms with Gasteiger partial charge in [-0.05, 0) is 31.2 Å². The van der Waals surface area contributed by atoms with Crippen LogP contribution in [0.15, 0.2) is 75.0 Å². The van der Waals surface area contributed by atoms with Crippen molar-refractivity contribution in [3.8, 4) is 34.3 Å². The van der Waals surface area contributed by atoms with Crippen molar-refractivity contribution in [2.45, 2.75) is 18.0 Å². The fourth-order valence-electron chi connectivity index (χ4n) is 5.08. The van der Waals surface area contributed by atoms with E-state index in [4.69, 9.17) is 18.6 Å². The van der Waals surface area contributed by atoms with Crippen molar-refractivity contribution < 1.29 is 45.0 Å². The topological polar surface area (TPSA) is 195 Å². The predicted molar refractivity (Wildman–Crippen MR) is 178 cm³/mol. The number of amides is 1. The summed E-state index contributed by atoms with van der Waals surface area (Å²) in [7, 11) is 1.01. The number of ether oxygens (including phenoxy) is 3. The number of carbonyl (C=O) groups excluding carboxylic acids is 1. The van der Waals surface area contributed by atoms with Crippen LogP contribution in [0, 0.1) is 6.92 Å². The van der Waals surface area contributed by atoms with Gasteiger partial charge >= 0.3 is 11.9 Å². The number of hydrogen-bond acceptors (Lipinski definition) is 13. The lowest BCUT2D eigenvalue weighted by Crippen LogP contribution is -2.31. The van der Waals surface area contributed by atoms with Gasteiger partial charge in [0.05, 0.1) is 31.7 Å². The van der Waals surface area contributed by atoms with E-state index in [0.717, 1.165) is 16.8 Å². The Morgan fingerprint density at radius 2 is 1.65 bits per heavy atom. The molecule has 2 N–H and O–H groups in total. The number of nitrogens with one attached hydrogen (secondary N) is 2. The molecule has 270 valence electrons. The number of aryl methyl sites for hydroxylation is 2. The molecule has 4 aromatic heterocycles. The monoisotopic (exact) mass is 740 g/mol. The van der Waals surface area contributed by atoms with E-state index in [1.807, 2.05) is 4.72 Å². The maximum atomic E-state index is 13.7. The van der Waals surface area contributed by atoms with E-state index in [2.05, 4.69) is 25.4 Å². The fourth-order valence-corrected chi connectivity index (χ4v) is 6.06. The van der Waals surface area contributed by atoms with Gasteiger partial charge in [-0.25, -0.2) is 32.6 Å². The highest BCUT2D eigenvalue weighted by Crippen LogP contribution is 2.34. The number of oxazole rings is 1. The maximum absolute atomic E-state index is 13.7. The Hall–Kier alpha value is -6.44. The van der Waals surface area contributed by atoms with Crippen molar-refractivity contribution in [1.82, 2.24) is 34.0 Å². The standard InChI is InChI=1S/C32H27F3N8O8S/c1-16-8-26(32(33,34)35)40-43(16)27-23(15-37-30(39-27)38-18-10-19(48-3)12-20(11-18)49-4)17-9-22(29(50-5)36-14-17)28(44)41-52(46,47)21-6-7-24-25(13-21)51-31(45)42(24)2/h6-15H,1-5H3,(H,41,44)(H,37,38,39). The molecule has 6 rings (SSSR count). The van der Waals surface area contributed by atoms with Gasteiger partial charge in [-0.2, -0.15) is 23.3 Å². The van der Waals surface area contributed by atoms with Crippen molar-refractivity contribution in [2.75, 3.05) is 26.6 Å². The number of methoxy groups -OCH3 is 3. The zero-order chi connectivity index (χ0) is 37.5. The first-order valence-electron chi connectivity index (χ1n) is 14.8. The third-order valence-electron chi connectivity index (χ3n) is 7.66. The Balaban J connectivity index is 1.42. The Labute approximate surface area is 291 Å². The molecule has 0 aliphatic heterocycles. The van der Waals surface area contributed by atoms with Crippen molar-refractivity contribution in [3.05, 3.63) is 88.4 Å². The zero-order valence-corrected chi connectivity index (χ0v) is 28.6. The van der Waals surface area contributed by atoms with Crippen LogP contribution >= 0.6 is 0 Å². The molecule has 0 spiro atoms. The van der Waals surface area contributed by atoms with Crippen LogP contribution < -0.4 is 30.0 Å². The van der Waals surface area contributed by atoms with Crippen LogP contribution in [0.2, 0.25) is 0 Å². The molecule has 0 bridgehead atoms. The van der Waals surface area contributed by atoms with Gasteiger partial charge in [0, 0.05) is 66.2 Å². The number of anilines is 2. The summed E-state index contributed by atoms with van der Waals surface area (Å²) in [6, 6.07) is 10.5. The number of halogens is 3. The molecule has 52 heavy (non-hydrogen) atoms. The summed E-state index contributed by atoms with van der Waals surface area (Å²) in [5.41, 5.74) is -0.628. The minimum absolute atomic E-state index is 0.0253. The molecule has 0 atom stereocenters. The second-order valence-corrected chi connectivity index (χ2v) is 12.7. The van der Waals surface area contributed by atoms with Gasteiger partial charge in [0.2, 0.25) is 11.8 Å². The third kappa shape index (κ3) is 6.82. The van der Waals surface area contributed by atoms with Gasteiger partial charge in [-0.15, -0.1) is 0 Å². The number of carbonyl (C=O) groups is 1. The number of aromatic nitrogens is 6. The number of alkyl halides is 3. The number of hydrogen-bond donors (Lipinski definition) is 2. The number of sulfonamides is 1. The summed E-state index contributed by atoms with van der Waals surface area (Å²) in [5, 5.41) is 6.71. The molecule has 1 amide bonds. The smallest absolute Gasteiger partial charge is 0.435 e. The lowest BCUT2D eigenvalue weighted by molar-refractivity contribution is -0.141. The number of benzene rings is 2. The minimum Gasteiger partial charge on any atom is -0.497 e. The second kappa shape index (κ2) is 13.4. The van der Waals surface area contributed by atoms with Crippen molar-refractivity contribution in [3.63, 3.8) is 0 Å². The van der Waals surface area contributed by atoms with E-state index < -0.39 is 33.6 Å². The van der Waals surface area contributed by atoms with Crippen molar-refractivity contribution in [1.29, 1.82) is 0 Å². The number of nitrogens with zero attached hydrogens (tertiary/aromatic N) is 6. The normalized spacial score (nSPS) is 11.8. The molecule has 0 radical (unpaired) electrons. The molecular formula is C32H27F3N8O8S. The summed E-state index contributed by atoms with van der Waals surface area (Å²) in [4.78, 5) is 38.0. The predicted octanol–water partition coefficient (Wildman–Crippen LogP) is 4.38. The molecule has 6 aromatic rings. The van der Waals surface area contributed by atoms with Crippen LogP contribution in [-0.2, 0) is 23.2 Å². The first-order valence-corrected chi connectivity index (χ1v) is 16.3. The molecule has 0 saturated carbocycles. The van der Waals surface area contributed by atoms with Crippen LogP contribution in [0.25, 0.3) is 28.0 Å². The van der Waals surface area contributed by atoms with Gasteiger partial charge in [-0.3, -0.25) is 9.36 Å². The Morgan fingerprint density at radius 1 is 0.942 bits per heavy atom. The number of fused-ring (bicyclic) bond motifs is 1. The molecule has 0 aliphatic rings. The quantitative estimate of drug-likeness (QED) is 0.201. The van der Waals surface area contributed by atoms with E-state index in [1.54, 1.807) is 18.2 Å². The first kappa shape index (κ1) is 35.4. The van der Waals surface area contributed by atoms with Crippen LogP contribution in [0.4, 0.5) is 24.8 Å². The van der Waals surface area contributed by atoms with Gasteiger partial charge in [0.15, 0.2) is 17.1 Å². The highest BCUT2D eigenvalue weighted by atomic mass is 32.2. The van der Waals surface area contributed by atoms with Gasteiger partial charge < -0.3 is 23.9 Å². The summed E-state index contributed by atoms with van der Waals surface area (Å²) >= 11 is 0. The lowest BCUT2D eigenvalue weighted by Gasteiger charge is -2.15. The molecular weight excluding hydrogens is 713 g/mol. The molecule has 0 aliphatic carbocycles. The van der Waals surface area contributed by atoms with Gasteiger partial charge in [0.25, 0.3) is 15.9 Å². The zero-order valence-electron chi connectivity index (χ0n) is 27.8. The summed E-state index contributed by atoms with van der Waals surface area (Å²) in [6.07, 6.45) is -2.28. The SMILES string of the molecule is COc1cc(Nc2ncc(-c3cnc(OC)c(C(=O)NS(=O)(=O)c4ccc5c(c4)oc(=O)n5C)c3)c(-n3nc(C(F)(F)F)cc3C)n2)cc(OC)c1. The van der Waals surface area contributed by atoms with Crippen LogP contribution in [0.3, 0.4) is 0 Å². The summed E-state index contributed by atoms with van der Waals surface area (Å²) < 4.78 is 92.7. The average Bonchev–Trinajstić information content (AvgIpc) is 3.65. The van der Waals surface area contributed by atoms with Crippen LogP contribution in [0.1, 0.15) is 21.7 Å². The van der Waals surface area contributed by atoms with E-state index in [0.29, 0.717) is 22.7 Å². The van der Waals surface area contributed by atoms with E-state index >= 15 is 0 Å². The molecule has 20 heteroatoms. The summed E-state index contributed by atoms with van der Waals surface area (Å²) in [6.45, 7) is 1.39. The third-order valence-corrected chi connectivity index (χ3v) is 8.98. The Bertz CT molecular complexity index is 2510. The second-order valence-electron chi connectivity index (χ2n) is 11.0. The fraction of sp³-hybridized carbons (Fsp3) is 0.188. The Kier molecular flexibility index (Phi) is 9.09. The Morgan fingerprint density at radius 3 is 2.29 bits per heavy atom. The van der Waals surface area contributed by atoms with Crippen LogP contribution in [0.5, 0.6) is 17.4 Å². The largest absolute Gasteiger partial charge is 0.497 e. The first-order chi connectivity index (χ1) is 24.6.